The molecule has 1 atom stereocenters. The van der Waals surface area contributed by atoms with Crippen LogP contribution in [0, 0.1) is 6.92 Å². The minimum atomic E-state index is -1.04. The van der Waals surface area contributed by atoms with Gasteiger partial charge in [-0.1, -0.05) is 35.9 Å². The molecule has 2 aromatic carbocycles. The normalized spacial score (nSPS) is 21.4. The van der Waals surface area contributed by atoms with Gasteiger partial charge in [-0.05, 0) is 55.9 Å². The standard InChI is InChI=1S/C22H24N2O3/c1-14-7-10-19(27-3)17(11-14)13-24-20(25)22(2,23-21(24)26)18-9-8-15-5-4-6-16(15)12-18/h7-12H,4-6,13H2,1-3H3,(H,23,26). The van der Waals surface area contributed by atoms with Crippen LogP contribution in [0.15, 0.2) is 36.4 Å². The number of rotatable bonds is 4. The first kappa shape index (κ1) is 17.6. The Morgan fingerprint density at radius 3 is 2.67 bits per heavy atom. The highest BCUT2D eigenvalue weighted by atomic mass is 16.5. The Bertz CT molecular complexity index is 937. The van der Waals surface area contributed by atoms with Crippen LogP contribution in [0.2, 0.25) is 0 Å². The highest BCUT2D eigenvalue weighted by Gasteiger charge is 2.49. The monoisotopic (exact) mass is 364 g/mol. The molecule has 2 aliphatic rings. The summed E-state index contributed by atoms with van der Waals surface area (Å²) in [6, 6.07) is 11.5. The molecule has 27 heavy (non-hydrogen) atoms. The number of methoxy groups -OCH3 is 1. The van der Waals surface area contributed by atoms with Crippen molar-refractivity contribution in [2.75, 3.05) is 7.11 Å². The lowest BCUT2D eigenvalue weighted by Crippen LogP contribution is -2.41. The van der Waals surface area contributed by atoms with Gasteiger partial charge in [0.1, 0.15) is 11.3 Å². The van der Waals surface area contributed by atoms with E-state index in [-0.39, 0.29) is 18.5 Å². The Balaban J connectivity index is 1.65. The predicted octanol–water partition coefficient (Wildman–Crippen LogP) is 3.46. The highest BCUT2D eigenvalue weighted by molar-refractivity contribution is 6.07. The van der Waals surface area contributed by atoms with E-state index in [4.69, 9.17) is 4.74 Å². The van der Waals surface area contributed by atoms with Gasteiger partial charge in [0.15, 0.2) is 0 Å². The summed E-state index contributed by atoms with van der Waals surface area (Å²) < 4.78 is 5.40. The van der Waals surface area contributed by atoms with Crippen molar-refractivity contribution >= 4 is 11.9 Å². The number of carbonyl (C=O) groups excluding carboxylic acids is 2. The molecule has 1 aliphatic heterocycles. The van der Waals surface area contributed by atoms with Crippen LogP contribution in [-0.2, 0) is 29.7 Å². The van der Waals surface area contributed by atoms with Gasteiger partial charge in [-0.2, -0.15) is 0 Å². The van der Waals surface area contributed by atoms with Crippen LogP contribution in [0.25, 0.3) is 0 Å². The van der Waals surface area contributed by atoms with Crippen molar-refractivity contribution in [3.8, 4) is 5.75 Å². The molecule has 1 saturated heterocycles. The van der Waals surface area contributed by atoms with Gasteiger partial charge in [0.25, 0.3) is 5.91 Å². The zero-order valence-corrected chi connectivity index (χ0v) is 16.0. The molecule has 1 N–H and O–H groups in total. The topological polar surface area (TPSA) is 58.6 Å². The second-order valence-electron chi connectivity index (χ2n) is 7.60. The highest BCUT2D eigenvalue weighted by Crippen LogP contribution is 2.34. The number of aryl methyl sites for hydroxylation is 3. The molecule has 0 bridgehead atoms. The van der Waals surface area contributed by atoms with Crippen molar-refractivity contribution in [1.29, 1.82) is 0 Å². The van der Waals surface area contributed by atoms with Gasteiger partial charge in [0.2, 0.25) is 0 Å². The molecule has 0 saturated carbocycles. The molecule has 0 aromatic heterocycles. The Morgan fingerprint density at radius 2 is 1.89 bits per heavy atom. The molecule has 5 heteroatoms. The van der Waals surface area contributed by atoms with Crippen molar-refractivity contribution in [2.45, 2.75) is 45.2 Å². The van der Waals surface area contributed by atoms with Crippen molar-refractivity contribution in [1.82, 2.24) is 10.2 Å². The summed E-state index contributed by atoms with van der Waals surface area (Å²) in [4.78, 5) is 27.2. The van der Waals surface area contributed by atoms with E-state index in [2.05, 4.69) is 17.4 Å². The second kappa shape index (κ2) is 6.41. The van der Waals surface area contributed by atoms with Gasteiger partial charge < -0.3 is 10.1 Å². The maximum absolute atomic E-state index is 13.2. The third kappa shape index (κ3) is 2.87. The molecule has 0 spiro atoms. The first-order chi connectivity index (χ1) is 12.9. The van der Waals surface area contributed by atoms with Gasteiger partial charge in [-0.25, -0.2) is 4.79 Å². The maximum atomic E-state index is 13.2. The molecule has 3 amide bonds. The number of hydrogen-bond donors (Lipinski definition) is 1. The SMILES string of the molecule is COc1ccc(C)cc1CN1C(=O)NC(C)(c2ccc3c(c2)CCC3)C1=O. The Labute approximate surface area is 159 Å². The first-order valence-corrected chi connectivity index (χ1v) is 9.32. The van der Waals surface area contributed by atoms with Gasteiger partial charge in [-0.15, -0.1) is 0 Å². The molecule has 1 unspecified atom stereocenters. The van der Waals surface area contributed by atoms with E-state index in [0.717, 1.165) is 36.0 Å². The van der Waals surface area contributed by atoms with Crippen LogP contribution in [-0.4, -0.2) is 23.9 Å². The largest absolute Gasteiger partial charge is 0.496 e. The van der Waals surface area contributed by atoms with Crippen LogP contribution in [0.1, 0.15) is 41.2 Å². The van der Waals surface area contributed by atoms with Gasteiger partial charge in [0.05, 0.1) is 13.7 Å². The fourth-order valence-electron chi connectivity index (χ4n) is 4.12. The predicted molar refractivity (Wildman–Crippen MR) is 103 cm³/mol. The fraction of sp³-hybridized carbons (Fsp3) is 0.364. The minimum absolute atomic E-state index is 0.191. The third-order valence-corrected chi connectivity index (χ3v) is 5.72. The number of ether oxygens (including phenoxy) is 1. The van der Waals surface area contributed by atoms with Crippen LogP contribution < -0.4 is 10.1 Å². The van der Waals surface area contributed by atoms with Crippen molar-refractivity contribution in [3.63, 3.8) is 0 Å². The van der Waals surface area contributed by atoms with E-state index >= 15 is 0 Å². The molecule has 1 aliphatic carbocycles. The average Bonchev–Trinajstić information content (AvgIpc) is 3.20. The average molecular weight is 364 g/mol. The number of urea groups is 1. The number of amides is 3. The molecule has 4 rings (SSSR count). The Kier molecular flexibility index (Phi) is 4.17. The van der Waals surface area contributed by atoms with Crippen molar-refractivity contribution in [3.05, 3.63) is 64.2 Å². The molecule has 1 heterocycles. The molecule has 1 fully saturated rings. The number of benzene rings is 2. The quantitative estimate of drug-likeness (QED) is 0.846. The van der Waals surface area contributed by atoms with Crippen molar-refractivity contribution in [2.24, 2.45) is 0 Å². The van der Waals surface area contributed by atoms with E-state index in [9.17, 15) is 9.59 Å². The number of fused-ring (bicyclic) bond motifs is 1. The van der Waals surface area contributed by atoms with E-state index in [1.807, 2.05) is 31.2 Å². The smallest absolute Gasteiger partial charge is 0.325 e. The van der Waals surface area contributed by atoms with Gasteiger partial charge in [0, 0.05) is 5.56 Å². The molecular formula is C22H24N2O3. The summed E-state index contributed by atoms with van der Waals surface area (Å²) in [6.45, 7) is 3.96. The zero-order chi connectivity index (χ0) is 19.2. The number of imide groups is 1. The van der Waals surface area contributed by atoms with Crippen LogP contribution >= 0.6 is 0 Å². The summed E-state index contributed by atoms with van der Waals surface area (Å²) in [5.74, 6) is 0.446. The lowest BCUT2D eigenvalue weighted by Gasteiger charge is -2.23. The molecule has 0 radical (unpaired) electrons. The fourth-order valence-corrected chi connectivity index (χ4v) is 4.12. The van der Waals surface area contributed by atoms with Crippen LogP contribution in [0.4, 0.5) is 4.79 Å². The Hall–Kier alpha value is -2.82. The lowest BCUT2D eigenvalue weighted by atomic mass is 9.89. The molecule has 5 nitrogen and oxygen atoms in total. The molecule has 2 aromatic rings. The van der Waals surface area contributed by atoms with Gasteiger partial charge in [-0.3, -0.25) is 9.69 Å². The van der Waals surface area contributed by atoms with E-state index < -0.39 is 5.54 Å². The summed E-state index contributed by atoms with van der Waals surface area (Å²) in [5, 5.41) is 2.91. The lowest BCUT2D eigenvalue weighted by molar-refractivity contribution is -0.131. The number of nitrogens with one attached hydrogen (secondary N) is 1. The van der Waals surface area contributed by atoms with Crippen LogP contribution in [0.5, 0.6) is 5.75 Å². The molecule has 140 valence electrons. The van der Waals surface area contributed by atoms with E-state index in [0.29, 0.717) is 5.75 Å². The number of hydrogen-bond acceptors (Lipinski definition) is 3. The summed E-state index contributed by atoms with van der Waals surface area (Å²) in [6.07, 6.45) is 3.27. The first-order valence-electron chi connectivity index (χ1n) is 9.32. The van der Waals surface area contributed by atoms with Crippen LogP contribution in [0.3, 0.4) is 0 Å². The zero-order valence-electron chi connectivity index (χ0n) is 16.0. The maximum Gasteiger partial charge on any atom is 0.325 e. The number of nitrogens with zero attached hydrogens (tertiary/aromatic N) is 1. The Morgan fingerprint density at radius 1 is 1.11 bits per heavy atom. The minimum Gasteiger partial charge on any atom is -0.496 e. The summed E-state index contributed by atoms with van der Waals surface area (Å²) >= 11 is 0. The van der Waals surface area contributed by atoms with Crippen molar-refractivity contribution < 1.29 is 14.3 Å². The number of carbonyl (C=O) groups is 2. The van der Waals surface area contributed by atoms with Gasteiger partial charge >= 0.3 is 6.03 Å². The molecular weight excluding hydrogens is 340 g/mol. The van der Waals surface area contributed by atoms with E-state index in [1.165, 1.54) is 16.0 Å². The second-order valence-corrected chi connectivity index (χ2v) is 7.60. The summed E-state index contributed by atoms with van der Waals surface area (Å²) in [5.41, 5.74) is 4.32. The summed E-state index contributed by atoms with van der Waals surface area (Å²) in [7, 11) is 1.59. The third-order valence-electron chi connectivity index (χ3n) is 5.72. The van der Waals surface area contributed by atoms with E-state index in [1.54, 1.807) is 14.0 Å².